The smallest absolute Gasteiger partial charge is 0.0802 e. The number of aliphatic hydroxyl groups is 1. The molecule has 1 N–H and O–H groups in total. The maximum atomic E-state index is 10.2. The lowest BCUT2D eigenvalue weighted by Gasteiger charge is -2.25. The van der Waals surface area contributed by atoms with E-state index in [9.17, 15) is 5.11 Å². The van der Waals surface area contributed by atoms with E-state index in [0.717, 1.165) is 28.9 Å². The number of aliphatic hydroxyl groups excluding tert-OH is 1. The van der Waals surface area contributed by atoms with Crippen molar-refractivity contribution in [1.82, 2.24) is 4.90 Å². The summed E-state index contributed by atoms with van der Waals surface area (Å²) in [6.45, 7) is 3.24. The third-order valence-electron chi connectivity index (χ3n) is 3.99. The van der Waals surface area contributed by atoms with Crippen LogP contribution in [0, 0.1) is 5.92 Å². The van der Waals surface area contributed by atoms with E-state index in [1.54, 1.807) is 0 Å². The third kappa shape index (κ3) is 3.81. The third-order valence-corrected chi connectivity index (χ3v) is 4.48. The van der Waals surface area contributed by atoms with E-state index in [1.807, 2.05) is 24.3 Å². The van der Waals surface area contributed by atoms with Crippen LogP contribution in [-0.4, -0.2) is 29.6 Å². The fourth-order valence-electron chi connectivity index (χ4n) is 2.35. The highest BCUT2D eigenvalue weighted by atomic mass is 79.9. The lowest BCUT2D eigenvalue weighted by Crippen LogP contribution is -2.32. The maximum absolute atomic E-state index is 10.2. The van der Waals surface area contributed by atoms with E-state index >= 15 is 0 Å². The van der Waals surface area contributed by atoms with E-state index < -0.39 is 0 Å². The molecule has 1 saturated carbocycles. The Labute approximate surface area is 118 Å². The molecule has 2 unspecified atom stereocenters. The molecule has 1 aliphatic rings. The Morgan fingerprint density at radius 2 is 2.17 bits per heavy atom. The van der Waals surface area contributed by atoms with Crippen molar-refractivity contribution in [3.63, 3.8) is 0 Å². The molecular weight excluding hydrogens is 290 g/mol. The van der Waals surface area contributed by atoms with Gasteiger partial charge in [-0.1, -0.05) is 28.1 Å². The topological polar surface area (TPSA) is 23.5 Å². The fraction of sp³-hybridized carbons (Fsp3) is 0.600. The molecule has 0 amide bonds. The van der Waals surface area contributed by atoms with Gasteiger partial charge in [-0.2, -0.15) is 0 Å². The summed E-state index contributed by atoms with van der Waals surface area (Å²) < 4.78 is 1.03. The van der Waals surface area contributed by atoms with E-state index in [4.69, 9.17) is 0 Å². The minimum atomic E-state index is -0.364. The van der Waals surface area contributed by atoms with Gasteiger partial charge in [0.2, 0.25) is 0 Å². The van der Waals surface area contributed by atoms with Gasteiger partial charge in [-0.05, 0) is 56.8 Å². The van der Waals surface area contributed by atoms with Crippen LogP contribution in [0.1, 0.15) is 37.9 Å². The van der Waals surface area contributed by atoms with Gasteiger partial charge in [-0.15, -0.1) is 0 Å². The molecule has 1 aromatic rings. The second kappa shape index (κ2) is 6.18. The molecule has 0 aliphatic heterocycles. The first kappa shape index (κ1) is 14.0. The molecule has 0 radical (unpaired) electrons. The van der Waals surface area contributed by atoms with Crippen molar-refractivity contribution in [2.75, 3.05) is 13.6 Å². The van der Waals surface area contributed by atoms with Crippen LogP contribution in [0.4, 0.5) is 0 Å². The minimum absolute atomic E-state index is 0.364. The summed E-state index contributed by atoms with van der Waals surface area (Å²) in [5.41, 5.74) is 0.997. The Bertz CT molecular complexity index is 392. The second-order valence-corrected chi connectivity index (χ2v) is 6.33. The van der Waals surface area contributed by atoms with E-state index in [-0.39, 0.29) is 6.10 Å². The molecule has 2 nitrogen and oxygen atoms in total. The van der Waals surface area contributed by atoms with E-state index in [2.05, 4.69) is 34.8 Å². The zero-order valence-corrected chi connectivity index (χ0v) is 12.7. The molecule has 0 spiro atoms. The van der Waals surface area contributed by atoms with Crippen LogP contribution in [0.2, 0.25) is 0 Å². The van der Waals surface area contributed by atoms with E-state index in [0.29, 0.717) is 6.04 Å². The second-order valence-electron chi connectivity index (χ2n) is 5.42. The molecule has 0 saturated heterocycles. The maximum Gasteiger partial charge on any atom is 0.0802 e. The van der Waals surface area contributed by atoms with Crippen molar-refractivity contribution in [2.24, 2.45) is 5.92 Å². The molecule has 2 atom stereocenters. The van der Waals surface area contributed by atoms with Gasteiger partial charge in [0.05, 0.1) is 6.10 Å². The van der Waals surface area contributed by atoms with Gasteiger partial charge in [0.25, 0.3) is 0 Å². The normalized spacial score (nSPS) is 18.9. The number of rotatable bonds is 6. The predicted octanol–water partition coefficient (Wildman–Crippen LogP) is 3.60. The van der Waals surface area contributed by atoms with Crippen molar-refractivity contribution in [2.45, 2.75) is 38.3 Å². The summed E-state index contributed by atoms with van der Waals surface area (Å²) in [6.07, 6.45) is 3.18. The van der Waals surface area contributed by atoms with Crippen molar-refractivity contribution in [3.8, 4) is 0 Å². The highest BCUT2D eigenvalue weighted by Crippen LogP contribution is 2.34. The van der Waals surface area contributed by atoms with Crippen LogP contribution in [0.5, 0.6) is 0 Å². The molecule has 1 aliphatic carbocycles. The van der Waals surface area contributed by atoms with Crippen molar-refractivity contribution >= 4 is 15.9 Å². The van der Waals surface area contributed by atoms with Crippen molar-refractivity contribution in [3.05, 3.63) is 34.3 Å². The number of hydrogen-bond donors (Lipinski definition) is 1. The van der Waals surface area contributed by atoms with Crippen molar-refractivity contribution in [1.29, 1.82) is 0 Å². The molecule has 1 aromatic carbocycles. The van der Waals surface area contributed by atoms with Gasteiger partial charge in [-0.25, -0.2) is 0 Å². The Morgan fingerprint density at radius 1 is 1.44 bits per heavy atom. The largest absolute Gasteiger partial charge is 0.388 e. The molecular formula is C15H22BrNO. The van der Waals surface area contributed by atoms with Gasteiger partial charge >= 0.3 is 0 Å². The molecule has 0 heterocycles. The van der Waals surface area contributed by atoms with Crippen LogP contribution in [0.15, 0.2) is 28.7 Å². The van der Waals surface area contributed by atoms with Crippen LogP contribution in [-0.2, 0) is 0 Å². The summed E-state index contributed by atoms with van der Waals surface area (Å²) in [7, 11) is 2.16. The standard InChI is InChI=1S/C15H22BrNO/c1-11(12-6-7-12)17(2)9-8-15(18)13-4-3-5-14(16)10-13/h3-5,10-12,15,18H,6-9H2,1-2H3. The molecule has 18 heavy (non-hydrogen) atoms. The fourth-order valence-corrected chi connectivity index (χ4v) is 2.77. The summed E-state index contributed by atoms with van der Waals surface area (Å²) in [6, 6.07) is 8.59. The Balaban J connectivity index is 1.82. The lowest BCUT2D eigenvalue weighted by molar-refractivity contribution is 0.135. The molecule has 0 bridgehead atoms. The average molecular weight is 312 g/mol. The van der Waals surface area contributed by atoms with Gasteiger partial charge in [-0.3, -0.25) is 0 Å². The molecule has 100 valence electrons. The SMILES string of the molecule is CC(C1CC1)N(C)CCC(O)c1cccc(Br)c1. The van der Waals surface area contributed by atoms with E-state index in [1.165, 1.54) is 12.8 Å². The monoisotopic (exact) mass is 311 g/mol. The van der Waals surface area contributed by atoms with Gasteiger partial charge < -0.3 is 10.0 Å². The highest BCUT2D eigenvalue weighted by Gasteiger charge is 2.30. The highest BCUT2D eigenvalue weighted by molar-refractivity contribution is 9.10. The molecule has 0 aromatic heterocycles. The van der Waals surface area contributed by atoms with Crippen LogP contribution in [0.25, 0.3) is 0 Å². The number of nitrogens with zero attached hydrogens (tertiary/aromatic N) is 1. The first-order valence-corrected chi connectivity index (χ1v) is 7.51. The predicted molar refractivity (Wildman–Crippen MR) is 78.5 cm³/mol. The zero-order chi connectivity index (χ0) is 13.1. The lowest BCUT2D eigenvalue weighted by atomic mass is 10.1. The van der Waals surface area contributed by atoms with Crippen LogP contribution < -0.4 is 0 Å². The minimum Gasteiger partial charge on any atom is -0.388 e. The molecule has 2 rings (SSSR count). The zero-order valence-electron chi connectivity index (χ0n) is 11.1. The van der Waals surface area contributed by atoms with Gasteiger partial charge in [0.15, 0.2) is 0 Å². The Kier molecular flexibility index (Phi) is 4.82. The number of hydrogen-bond acceptors (Lipinski definition) is 2. The quantitative estimate of drug-likeness (QED) is 0.867. The van der Waals surface area contributed by atoms with Gasteiger partial charge in [0, 0.05) is 17.1 Å². The van der Waals surface area contributed by atoms with Gasteiger partial charge in [0.1, 0.15) is 0 Å². The summed E-state index contributed by atoms with van der Waals surface area (Å²) >= 11 is 3.44. The molecule has 3 heteroatoms. The van der Waals surface area contributed by atoms with Crippen LogP contribution in [0.3, 0.4) is 0 Å². The van der Waals surface area contributed by atoms with Crippen molar-refractivity contribution < 1.29 is 5.11 Å². The number of benzene rings is 1. The summed E-state index contributed by atoms with van der Waals surface area (Å²) in [4.78, 5) is 2.37. The summed E-state index contributed by atoms with van der Waals surface area (Å²) in [5.74, 6) is 0.887. The Morgan fingerprint density at radius 3 is 2.78 bits per heavy atom. The Hall–Kier alpha value is -0.380. The molecule has 1 fully saturated rings. The average Bonchev–Trinajstić information content (AvgIpc) is 3.18. The first-order valence-electron chi connectivity index (χ1n) is 6.71. The summed E-state index contributed by atoms with van der Waals surface area (Å²) in [5, 5.41) is 10.2. The number of halogens is 1. The van der Waals surface area contributed by atoms with Crippen LogP contribution >= 0.6 is 15.9 Å². The first-order chi connectivity index (χ1) is 8.58.